The maximum Gasteiger partial charge on any atom is 0.0796 e. The number of nitrogens with two attached hydrogens (primary N) is 1. The summed E-state index contributed by atoms with van der Waals surface area (Å²) >= 11 is 0. The summed E-state index contributed by atoms with van der Waals surface area (Å²) in [5.74, 6) is 0. The van der Waals surface area contributed by atoms with Crippen LogP contribution in [0.15, 0.2) is 18.2 Å². The molecule has 0 aliphatic carbocycles. The summed E-state index contributed by atoms with van der Waals surface area (Å²) in [6.07, 6.45) is 5.29. The molecular weight excluding hydrogens is 272 g/mol. The van der Waals surface area contributed by atoms with Crippen molar-refractivity contribution in [3.05, 3.63) is 23.8 Å². The Kier molecular flexibility index (Phi) is 4.89. The Hall–Kier alpha value is -1.26. The minimum atomic E-state index is 0.876. The van der Waals surface area contributed by atoms with Crippen LogP contribution < -0.4 is 16.0 Å². The number of quaternary nitrogens is 1. The highest BCUT2D eigenvalue weighted by atomic mass is 15.3. The molecule has 2 aliphatic rings. The number of nitrogens with one attached hydrogen (secondary N) is 1. The molecule has 0 radical (unpaired) electrons. The van der Waals surface area contributed by atoms with Crippen molar-refractivity contribution >= 4 is 11.4 Å². The smallest absolute Gasteiger partial charge is 0.0796 e. The minimum absolute atomic E-state index is 0.876. The van der Waals surface area contributed by atoms with Crippen molar-refractivity contribution < 1.29 is 4.48 Å². The van der Waals surface area contributed by atoms with Crippen LogP contribution in [0.5, 0.6) is 0 Å². The maximum absolute atomic E-state index is 5.92. The molecule has 3 rings (SSSR count). The Morgan fingerprint density at radius 1 is 1.23 bits per heavy atom. The van der Waals surface area contributed by atoms with Crippen molar-refractivity contribution in [2.75, 3.05) is 63.5 Å². The Morgan fingerprint density at radius 3 is 2.86 bits per heavy atom. The molecule has 1 saturated heterocycles. The van der Waals surface area contributed by atoms with Gasteiger partial charge in [-0.25, -0.2) is 0 Å². The first-order valence-corrected chi connectivity index (χ1v) is 8.84. The second-order valence-corrected chi connectivity index (χ2v) is 7.23. The molecule has 4 nitrogen and oxygen atoms in total. The highest BCUT2D eigenvalue weighted by Gasteiger charge is 2.25. The summed E-state index contributed by atoms with van der Waals surface area (Å²) < 4.78 is 1.29. The Balaban J connectivity index is 1.34. The van der Waals surface area contributed by atoms with Gasteiger partial charge in [0.15, 0.2) is 0 Å². The summed E-state index contributed by atoms with van der Waals surface area (Å²) in [7, 11) is 2.42. The molecular formula is C18H31N4+. The summed E-state index contributed by atoms with van der Waals surface area (Å²) in [4.78, 5) is 2.47. The van der Waals surface area contributed by atoms with Crippen LogP contribution in [0.3, 0.4) is 0 Å². The van der Waals surface area contributed by atoms with Crippen LogP contribution in [0.25, 0.3) is 0 Å². The molecule has 0 unspecified atom stereocenters. The third-order valence-electron chi connectivity index (χ3n) is 5.36. The predicted molar refractivity (Wildman–Crippen MR) is 94.3 cm³/mol. The molecule has 1 aromatic carbocycles. The zero-order valence-corrected chi connectivity index (χ0v) is 14.0. The van der Waals surface area contributed by atoms with Crippen LogP contribution in [0.2, 0.25) is 0 Å². The van der Waals surface area contributed by atoms with Crippen molar-refractivity contribution in [1.82, 2.24) is 5.32 Å². The fraction of sp³-hybridized carbons (Fsp3) is 0.667. The molecule has 2 aliphatic heterocycles. The monoisotopic (exact) mass is 303 g/mol. The Bertz CT molecular complexity index is 494. The zero-order valence-electron chi connectivity index (χ0n) is 14.0. The van der Waals surface area contributed by atoms with Gasteiger partial charge >= 0.3 is 0 Å². The average Bonchev–Trinajstić information content (AvgIpc) is 3.10. The number of rotatable bonds is 7. The van der Waals surface area contributed by atoms with Gasteiger partial charge in [0.2, 0.25) is 0 Å². The lowest BCUT2D eigenvalue weighted by Gasteiger charge is -2.29. The van der Waals surface area contributed by atoms with Crippen molar-refractivity contribution in [1.29, 1.82) is 0 Å². The largest absolute Gasteiger partial charge is 0.399 e. The molecule has 0 spiro atoms. The lowest BCUT2D eigenvalue weighted by Crippen LogP contribution is -2.42. The van der Waals surface area contributed by atoms with Crippen LogP contribution in [0.1, 0.15) is 24.8 Å². The molecule has 3 N–H and O–H groups in total. The van der Waals surface area contributed by atoms with E-state index in [9.17, 15) is 0 Å². The first-order chi connectivity index (χ1) is 10.7. The number of likely N-dealkylation sites (tertiary alicyclic amines) is 1. The summed E-state index contributed by atoms with van der Waals surface area (Å²) in [6.45, 7) is 8.52. The normalized spacial score (nSPS) is 19.6. The number of hydrogen-bond donors (Lipinski definition) is 2. The summed E-state index contributed by atoms with van der Waals surface area (Å²) in [6, 6.07) is 6.32. The maximum atomic E-state index is 5.92. The minimum Gasteiger partial charge on any atom is -0.399 e. The summed E-state index contributed by atoms with van der Waals surface area (Å²) in [5, 5.41) is 3.62. The number of benzene rings is 1. The van der Waals surface area contributed by atoms with Gasteiger partial charge in [0.1, 0.15) is 0 Å². The van der Waals surface area contributed by atoms with Gasteiger partial charge in [-0.15, -0.1) is 0 Å². The van der Waals surface area contributed by atoms with Gasteiger partial charge in [0, 0.05) is 56.8 Å². The fourth-order valence-electron chi connectivity index (χ4n) is 3.94. The van der Waals surface area contributed by atoms with Gasteiger partial charge < -0.3 is 20.4 Å². The van der Waals surface area contributed by atoms with Gasteiger partial charge in [0.05, 0.1) is 26.7 Å². The van der Waals surface area contributed by atoms with Crippen molar-refractivity contribution in [3.8, 4) is 0 Å². The molecule has 1 fully saturated rings. The quantitative estimate of drug-likeness (QED) is 0.459. The van der Waals surface area contributed by atoms with Gasteiger partial charge in [-0.2, -0.15) is 0 Å². The number of fused-ring (bicyclic) bond motifs is 1. The van der Waals surface area contributed by atoms with Crippen molar-refractivity contribution in [2.45, 2.75) is 25.7 Å². The zero-order chi connectivity index (χ0) is 15.4. The van der Waals surface area contributed by atoms with E-state index in [1.54, 1.807) is 0 Å². The molecule has 22 heavy (non-hydrogen) atoms. The van der Waals surface area contributed by atoms with E-state index in [2.05, 4.69) is 29.4 Å². The molecule has 0 atom stereocenters. The number of nitrogen functional groups attached to an aromatic ring is 1. The molecule has 1 aromatic rings. The molecule has 0 aromatic heterocycles. The Morgan fingerprint density at radius 2 is 2.05 bits per heavy atom. The third-order valence-corrected chi connectivity index (χ3v) is 5.36. The number of nitrogens with zero attached hydrogens (tertiary/aromatic N) is 2. The molecule has 0 bridgehead atoms. The van der Waals surface area contributed by atoms with Gasteiger partial charge in [-0.3, -0.25) is 0 Å². The van der Waals surface area contributed by atoms with Gasteiger partial charge in [-0.05, 0) is 24.1 Å². The van der Waals surface area contributed by atoms with E-state index in [4.69, 9.17) is 5.73 Å². The van der Waals surface area contributed by atoms with Crippen molar-refractivity contribution in [3.63, 3.8) is 0 Å². The standard InChI is InChI=1S/C18H31N4/c1-22(12-2-3-13-22)14-4-8-20-9-11-21-10-7-16-5-6-17(19)15-18(16)21/h5-6,15,20H,2-4,7-14,19H2,1H3/q+1. The van der Waals surface area contributed by atoms with E-state index in [0.29, 0.717) is 0 Å². The van der Waals surface area contributed by atoms with Crippen LogP contribution >= 0.6 is 0 Å². The van der Waals surface area contributed by atoms with E-state index < -0.39 is 0 Å². The van der Waals surface area contributed by atoms with E-state index >= 15 is 0 Å². The van der Waals surface area contributed by atoms with Crippen LogP contribution in [-0.4, -0.2) is 57.3 Å². The highest BCUT2D eigenvalue weighted by Crippen LogP contribution is 2.29. The molecule has 4 heteroatoms. The lowest BCUT2D eigenvalue weighted by atomic mass is 10.1. The number of anilines is 2. The lowest BCUT2D eigenvalue weighted by molar-refractivity contribution is -0.897. The van der Waals surface area contributed by atoms with Gasteiger partial charge in [-0.1, -0.05) is 6.07 Å². The first-order valence-electron chi connectivity index (χ1n) is 8.84. The predicted octanol–water partition coefficient (Wildman–Crippen LogP) is 1.85. The van der Waals surface area contributed by atoms with E-state index in [-0.39, 0.29) is 0 Å². The van der Waals surface area contributed by atoms with E-state index in [1.807, 2.05) is 6.07 Å². The van der Waals surface area contributed by atoms with E-state index in [1.165, 1.54) is 54.6 Å². The molecule has 2 heterocycles. The number of hydrogen-bond acceptors (Lipinski definition) is 3. The highest BCUT2D eigenvalue weighted by molar-refractivity contribution is 5.64. The van der Waals surface area contributed by atoms with Crippen LogP contribution in [-0.2, 0) is 6.42 Å². The molecule has 0 amide bonds. The van der Waals surface area contributed by atoms with Crippen LogP contribution in [0, 0.1) is 0 Å². The second-order valence-electron chi connectivity index (χ2n) is 7.23. The topological polar surface area (TPSA) is 41.3 Å². The summed E-state index contributed by atoms with van der Waals surface area (Å²) in [5.41, 5.74) is 9.58. The van der Waals surface area contributed by atoms with E-state index in [0.717, 1.165) is 38.3 Å². The average molecular weight is 303 g/mol. The van der Waals surface area contributed by atoms with Crippen molar-refractivity contribution in [2.24, 2.45) is 0 Å². The fourth-order valence-corrected chi connectivity index (χ4v) is 3.94. The second kappa shape index (κ2) is 6.88. The van der Waals surface area contributed by atoms with Crippen LogP contribution in [0.4, 0.5) is 11.4 Å². The SMILES string of the molecule is C[N+]1(CCCNCCN2CCc3ccc(N)cc32)CCCC1. The first kappa shape index (κ1) is 15.6. The third kappa shape index (κ3) is 3.73. The molecule has 0 saturated carbocycles. The van der Waals surface area contributed by atoms with Gasteiger partial charge in [0.25, 0.3) is 0 Å². The molecule has 122 valence electrons. The Labute approximate surface area is 134 Å².